The van der Waals surface area contributed by atoms with Gasteiger partial charge in [-0.1, -0.05) is 0 Å². The largest absolute Gasteiger partial charge is 0.397 e. The summed E-state index contributed by atoms with van der Waals surface area (Å²) in [5.41, 5.74) is 6.90. The van der Waals surface area contributed by atoms with Crippen LogP contribution in [0.2, 0.25) is 0 Å². The second kappa shape index (κ2) is 3.18. The molecule has 1 atom stereocenters. The van der Waals surface area contributed by atoms with E-state index in [0.29, 0.717) is 12.3 Å². The summed E-state index contributed by atoms with van der Waals surface area (Å²) in [5.74, 6) is -0.545. The maximum absolute atomic E-state index is 5.61. The van der Waals surface area contributed by atoms with Crippen LogP contribution in [0, 0.1) is 0 Å². The predicted octanol–water partition coefficient (Wildman–Crippen LogP) is 0.883. The van der Waals surface area contributed by atoms with E-state index in [1.165, 1.54) is 6.20 Å². The van der Waals surface area contributed by atoms with Gasteiger partial charge in [0.15, 0.2) is 5.79 Å². The summed E-state index contributed by atoms with van der Waals surface area (Å²) >= 11 is 0. The van der Waals surface area contributed by atoms with Crippen LogP contribution in [0.25, 0.3) is 0 Å². The molecule has 2 rings (SSSR count). The second-order valence-corrected chi connectivity index (χ2v) is 3.73. The maximum atomic E-state index is 5.61. The van der Waals surface area contributed by atoms with Gasteiger partial charge in [0.25, 0.3) is 0 Å². The molecule has 76 valence electrons. The molecule has 0 aliphatic carbocycles. The fourth-order valence-electron chi connectivity index (χ4n) is 1.39. The van der Waals surface area contributed by atoms with Crippen molar-refractivity contribution in [2.45, 2.75) is 25.7 Å². The Morgan fingerprint density at radius 3 is 2.93 bits per heavy atom. The van der Waals surface area contributed by atoms with Crippen LogP contribution >= 0.6 is 0 Å². The predicted molar refractivity (Wildman–Crippen MR) is 50.3 cm³/mol. The van der Waals surface area contributed by atoms with Gasteiger partial charge in [0, 0.05) is 0 Å². The van der Waals surface area contributed by atoms with Gasteiger partial charge in [0.2, 0.25) is 0 Å². The Hall–Kier alpha value is -1.20. The summed E-state index contributed by atoms with van der Waals surface area (Å²) < 4.78 is 11.0. The zero-order chi connectivity index (χ0) is 10.2. The number of aromatic nitrogens is 2. The van der Waals surface area contributed by atoms with Crippen LogP contribution in [0.15, 0.2) is 12.3 Å². The molecule has 0 aromatic carbocycles. The number of hydrogen-bond donors (Lipinski definition) is 1. The molecule has 14 heavy (non-hydrogen) atoms. The fourth-order valence-corrected chi connectivity index (χ4v) is 1.39. The van der Waals surface area contributed by atoms with Crippen molar-refractivity contribution in [3.8, 4) is 0 Å². The molecule has 5 heteroatoms. The number of hydrogen-bond acceptors (Lipinski definition) is 5. The van der Waals surface area contributed by atoms with E-state index >= 15 is 0 Å². The number of ether oxygens (including phenoxy) is 2. The van der Waals surface area contributed by atoms with Crippen LogP contribution in [0.4, 0.5) is 5.69 Å². The number of nitrogens with zero attached hydrogens (tertiary/aromatic N) is 2. The minimum Gasteiger partial charge on any atom is -0.397 e. The molecule has 1 saturated heterocycles. The zero-order valence-electron chi connectivity index (χ0n) is 8.23. The first-order valence-electron chi connectivity index (χ1n) is 4.47. The Morgan fingerprint density at radius 1 is 1.57 bits per heavy atom. The molecule has 2 N–H and O–H groups in total. The lowest BCUT2D eigenvalue weighted by Crippen LogP contribution is -2.19. The molecule has 1 aliphatic rings. The molecule has 0 amide bonds. The maximum Gasteiger partial charge on any atom is 0.163 e. The molecule has 0 bridgehead atoms. The molecule has 0 saturated carbocycles. The van der Waals surface area contributed by atoms with Crippen LogP contribution in [-0.2, 0) is 9.47 Å². The highest BCUT2D eigenvalue weighted by atomic mass is 16.7. The normalized spacial score (nSPS) is 25.1. The number of anilines is 1. The van der Waals surface area contributed by atoms with Crippen molar-refractivity contribution in [2.24, 2.45) is 0 Å². The Kier molecular flexibility index (Phi) is 2.13. The van der Waals surface area contributed by atoms with E-state index in [9.17, 15) is 0 Å². The Labute approximate surface area is 82.2 Å². The van der Waals surface area contributed by atoms with E-state index < -0.39 is 5.79 Å². The van der Waals surface area contributed by atoms with Gasteiger partial charge in [-0.2, -0.15) is 10.2 Å². The summed E-state index contributed by atoms with van der Waals surface area (Å²) in [7, 11) is 0. The van der Waals surface area contributed by atoms with Gasteiger partial charge >= 0.3 is 0 Å². The molecular weight excluding hydrogens is 182 g/mol. The first-order chi connectivity index (χ1) is 6.57. The van der Waals surface area contributed by atoms with Gasteiger partial charge in [0.1, 0.15) is 6.10 Å². The lowest BCUT2D eigenvalue weighted by Gasteiger charge is -2.16. The Balaban J connectivity index is 2.17. The van der Waals surface area contributed by atoms with Crippen molar-refractivity contribution >= 4 is 5.69 Å². The lowest BCUT2D eigenvalue weighted by molar-refractivity contribution is -0.139. The molecule has 5 nitrogen and oxygen atoms in total. The average molecular weight is 195 g/mol. The third-order valence-electron chi connectivity index (χ3n) is 2.03. The molecule has 1 aromatic heterocycles. The van der Waals surface area contributed by atoms with Crippen molar-refractivity contribution < 1.29 is 9.47 Å². The molecule has 2 heterocycles. The average Bonchev–Trinajstić information content (AvgIpc) is 2.46. The van der Waals surface area contributed by atoms with Crippen molar-refractivity contribution in [3.05, 3.63) is 18.0 Å². The summed E-state index contributed by atoms with van der Waals surface area (Å²) in [6, 6.07) is 1.75. The van der Waals surface area contributed by atoms with Crippen LogP contribution < -0.4 is 5.73 Å². The fraction of sp³-hybridized carbons (Fsp3) is 0.556. The first-order valence-corrected chi connectivity index (χ1v) is 4.47. The van der Waals surface area contributed by atoms with E-state index in [1.807, 2.05) is 13.8 Å². The second-order valence-electron chi connectivity index (χ2n) is 3.73. The molecule has 0 spiro atoms. The van der Waals surface area contributed by atoms with Crippen LogP contribution in [0.5, 0.6) is 0 Å². The Morgan fingerprint density at radius 2 is 2.36 bits per heavy atom. The van der Waals surface area contributed by atoms with Gasteiger partial charge < -0.3 is 15.2 Å². The van der Waals surface area contributed by atoms with Crippen molar-refractivity contribution in [2.75, 3.05) is 12.3 Å². The van der Waals surface area contributed by atoms with Gasteiger partial charge in [0.05, 0.1) is 24.2 Å². The summed E-state index contributed by atoms with van der Waals surface area (Å²) in [6.07, 6.45) is 1.34. The van der Waals surface area contributed by atoms with Gasteiger partial charge in [-0.15, -0.1) is 0 Å². The minimum absolute atomic E-state index is 0.166. The third kappa shape index (κ3) is 1.83. The monoisotopic (exact) mass is 195 g/mol. The highest BCUT2D eigenvalue weighted by molar-refractivity contribution is 5.35. The summed E-state index contributed by atoms with van der Waals surface area (Å²) in [4.78, 5) is 0. The van der Waals surface area contributed by atoms with E-state index in [0.717, 1.165) is 5.69 Å². The molecule has 1 fully saturated rings. The highest BCUT2D eigenvalue weighted by Gasteiger charge is 2.34. The van der Waals surface area contributed by atoms with Gasteiger partial charge in [-0.05, 0) is 19.9 Å². The molecule has 1 aromatic rings. The number of rotatable bonds is 1. The van der Waals surface area contributed by atoms with Crippen molar-refractivity contribution in [1.29, 1.82) is 0 Å². The van der Waals surface area contributed by atoms with E-state index in [-0.39, 0.29) is 6.10 Å². The SMILES string of the molecule is CC1(C)OC[C@@H](c2cc(N)cnn2)O1. The van der Waals surface area contributed by atoms with Crippen molar-refractivity contribution in [3.63, 3.8) is 0 Å². The van der Waals surface area contributed by atoms with Crippen LogP contribution in [0.1, 0.15) is 25.6 Å². The Bertz CT molecular complexity index is 341. The van der Waals surface area contributed by atoms with Gasteiger partial charge in [-0.3, -0.25) is 0 Å². The van der Waals surface area contributed by atoms with E-state index in [4.69, 9.17) is 15.2 Å². The quantitative estimate of drug-likeness (QED) is 0.720. The topological polar surface area (TPSA) is 70.3 Å². The van der Waals surface area contributed by atoms with E-state index in [2.05, 4.69) is 10.2 Å². The number of nitrogen functional groups attached to an aromatic ring is 1. The zero-order valence-corrected chi connectivity index (χ0v) is 8.23. The highest BCUT2D eigenvalue weighted by Crippen LogP contribution is 2.31. The summed E-state index contributed by atoms with van der Waals surface area (Å²) in [6.45, 7) is 4.23. The summed E-state index contributed by atoms with van der Waals surface area (Å²) in [5, 5.41) is 7.72. The van der Waals surface area contributed by atoms with E-state index in [1.54, 1.807) is 6.07 Å². The van der Waals surface area contributed by atoms with Gasteiger partial charge in [-0.25, -0.2) is 0 Å². The molecule has 0 unspecified atom stereocenters. The number of nitrogens with two attached hydrogens (primary N) is 1. The standard InChI is InChI=1S/C9H13N3O2/c1-9(2)13-5-8(14-9)7-3-6(10)4-11-12-7/h3-4,8H,5H2,1-2H3,(H2,10,12)/t8-/m0/s1. The van der Waals surface area contributed by atoms with Crippen LogP contribution in [-0.4, -0.2) is 22.6 Å². The molecular formula is C9H13N3O2. The smallest absolute Gasteiger partial charge is 0.163 e. The third-order valence-corrected chi connectivity index (χ3v) is 2.03. The lowest BCUT2D eigenvalue weighted by atomic mass is 10.2. The first kappa shape index (κ1) is 9.36. The molecule has 1 aliphatic heterocycles. The molecule has 0 radical (unpaired) electrons. The minimum atomic E-state index is -0.545. The van der Waals surface area contributed by atoms with Crippen LogP contribution in [0.3, 0.4) is 0 Å². The van der Waals surface area contributed by atoms with Crippen molar-refractivity contribution in [1.82, 2.24) is 10.2 Å².